The van der Waals surface area contributed by atoms with Gasteiger partial charge in [0.05, 0.1) is 11.0 Å². The van der Waals surface area contributed by atoms with Crippen LogP contribution in [0.4, 0.5) is 11.4 Å². The van der Waals surface area contributed by atoms with Crippen LogP contribution in [0.15, 0.2) is 53.1 Å². The molecule has 8 heteroatoms. The number of benzene rings is 2. The topological polar surface area (TPSA) is 103 Å². The lowest BCUT2D eigenvalue weighted by atomic mass is 10.1. The molecule has 1 aliphatic rings. The zero-order valence-electron chi connectivity index (χ0n) is 14.5. The van der Waals surface area contributed by atoms with Crippen LogP contribution < -0.4 is 5.32 Å². The van der Waals surface area contributed by atoms with E-state index in [0.29, 0.717) is 23.6 Å². The summed E-state index contributed by atoms with van der Waals surface area (Å²) in [5.41, 5.74) is 1.72. The Morgan fingerprint density at radius 2 is 2.04 bits per heavy atom. The highest BCUT2D eigenvalue weighted by atomic mass is 16.6. The van der Waals surface area contributed by atoms with Gasteiger partial charge >= 0.3 is 0 Å². The predicted molar refractivity (Wildman–Crippen MR) is 99.3 cm³/mol. The van der Waals surface area contributed by atoms with Crippen molar-refractivity contribution in [2.24, 2.45) is 0 Å². The van der Waals surface area contributed by atoms with Gasteiger partial charge in [-0.3, -0.25) is 10.1 Å². The summed E-state index contributed by atoms with van der Waals surface area (Å²) in [4.78, 5) is 15.4. The van der Waals surface area contributed by atoms with E-state index in [1.165, 1.54) is 6.07 Å². The van der Waals surface area contributed by atoms with Gasteiger partial charge in [-0.2, -0.15) is 4.98 Å². The average molecular weight is 366 g/mol. The average Bonchev–Trinajstić information content (AvgIpc) is 3.39. The SMILES string of the molecule is O=[N+]([O-])c1cc(-c2nc(-c3ccccc3)no2)ccc1NC[C@H]1CCCO1. The molecule has 138 valence electrons. The van der Waals surface area contributed by atoms with Gasteiger partial charge in [-0.15, -0.1) is 0 Å². The van der Waals surface area contributed by atoms with Gasteiger partial charge in [-0.25, -0.2) is 0 Å². The molecule has 2 heterocycles. The molecule has 0 bridgehead atoms. The molecule has 3 aromatic rings. The summed E-state index contributed by atoms with van der Waals surface area (Å²) < 4.78 is 10.8. The highest BCUT2D eigenvalue weighted by Gasteiger charge is 2.21. The van der Waals surface area contributed by atoms with Crippen molar-refractivity contribution in [3.63, 3.8) is 0 Å². The maximum absolute atomic E-state index is 11.5. The van der Waals surface area contributed by atoms with E-state index in [2.05, 4.69) is 15.5 Å². The molecule has 0 unspecified atom stereocenters. The molecular weight excluding hydrogens is 348 g/mol. The fraction of sp³-hybridized carbons (Fsp3) is 0.263. The highest BCUT2D eigenvalue weighted by Crippen LogP contribution is 2.31. The van der Waals surface area contributed by atoms with Crippen molar-refractivity contribution in [3.05, 3.63) is 58.6 Å². The van der Waals surface area contributed by atoms with Crippen molar-refractivity contribution >= 4 is 11.4 Å². The van der Waals surface area contributed by atoms with E-state index >= 15 is 0 Å². The molecular formula is C19H18N4O4. The van der Waals surface area contributed by atoms with Gasteiger partial charge < -0.3 is 14.6 Å². The lowest BCUT2D eigenvalue weighted by molar-refractivity contribution is -0.383. The second-order valence-electron chi connectivity index (χ2n) is 6.29. The first-order valence-corrected chi connectivity index (χ1v) is 8.74. The Kier molecular flexibility index (Phi) is 4.80. The zero-order chi connectivity index (χ0) is 18.6. The number of nitro benzene ring substituents is 1. The van der Waals surface area contributed by atoms with Crippen LogP contribution in [-0.2, 0) is 4.74 Å². The van der Waals surface area contributed by atoms with E-state index in [1.807, 2.05) is 30.3 Å². The van der Waals surface area contributed by atoms with Crippen LogP contribution in [0.1, 0.15) is 12.8 Å². The summed E-state index contributed by atoms with van der Waals surface area (Å²) >= 11 is 0. The van der Waals surface area contributed by atoms with Crippen molar-refractivity contribution in [2.45, 2.75) is 18.9 Å². The molecule has 8 nitrogen and oxygen atoms in total. The number of nitrogens with one attached hydrogen (secondary N) is 1. The Bertz CT molecular complexity index is 936. The van der Waals surface area contributed by atoms with Crippen LogP contribution >= 0.6 is 0 Å². The Morgan fingerprint density at radius 1 is 1.19 bits per heavy atom. The number of aromatic nitrogens is 2. The Hall–Kier alpha value is -3.26. The summed E-state index contributed by atoms with van der Waals surface area (Å²) in [6.45, 7) is 1.28. The number of nitro groups is 1. The standard InChI is InChI=1S/C19H18N4O4/c24-23(25)17-11-14(8-9-16(17)20-12-15-7-4-10-26-15)19-21-18(22-27-19)13-5-2-1-3-6-13/h1-3,5-6,8-9,11,15,20H,4,7,10,12H2/t15-/m1/s1. The molecule has 0 spiro atoms. The minimum atomic E-state index is -0.421. The Labute approximate surface area is 155 Å². The van der Waals surface area contributed by atoms with Gasteiger partial charge in [0.15, 0.2) is 0 Å². The van der Waals surface area contributed by atoms with Crippen molar-refractivity contribution in [2.75, 3.05) is 18.5 Å². The minimum Gasteiger partial charge on any atom is -0.377 e. The molecule has 27 heavy (non-hydrogen) atoms. The lowest BCUT2D eigenvalue weighted by Gasteiger charge is -2.12. The second kappa shape index (κ2) is 7.55. The smallest absolute Gasteiger partial charge is 0.293 e. The molecule has 4 rings (SSSR count). The van der Waals surface area contributed by atoms with Crippen molar-refractivity contribution in [1.82, 2.24) is 10.1 Å². The number of rotatable bonds is 6. The lowest BCUT2D eigenvalue weighted by Crippen LogP contribution is -2.18. The van der Waals surface area contributed by atoms with Crippen molar-refractivity contribution in [3.8, 4) is 22.8 Å². The van der Waals surface area contributed by atoms with Crippen LogP contribution in [0.3, 0.4) is 0 Å². The normalized spacial score (nSPS) is 16.4. The number of anilines is 1. The van der Waals surface area contributed by atoms with Crippen LogP contribution in [0.2, 0.25) is 0 Å². The molecule has 1 aliphatic heterocycles. The summed E-state index contributed by atoms with van der Waals surface area (Å²) in [6, 6.07) is 14.2. The second-order valence-corrected chi connectivity index (χ2v) is 6.29. The zero-order valence-corrected chi connectivity index (χ0v) is 14.5. The monoisotopic (exact) mass is 366 g/mol. The molecule has 1 atom stereocenters. The van der Waals surface area contributed by atoms with Crippen LogP contribution in [0.5, 0.6) is 0 Å². The van der Waals surface area contributed by atoms with Gasteiger partial charge in [0.1, 0.15) is 5.69 Å². The fourth-order valence-electron chi connectivity index (χ4n) is 3.04. The fourth-order valence-corrected chi connectivity index (χ4v) is 3.04. The molecule has 0 radical (unpaired) electrons. The largest absolute Gasteiger partial charge is 0.377 e. The van der Waals surface area contributed by atoms with Crippen LogP contribution in [0.25, 0.3) is 22.8 Å². The molecule has 1 fully saturated rings. The van der Waals surface area contributed by atoms with Gasteiger partial charge in [0.2, 0.25) is 5.82 Å². The van der Waals surface area contributed by atoms with Gasteiger partial charge in [-0.1, -0.05) is 35.5 Å². The quantitative estimate of drug-likeness (QED) is 0.521. The van der Waals surface area contributed by atoms with E-state index in [-0.39, 0.29) is 17.7 Å². The molecule has 0 amide bonds. The predicted octanol–water partition coefficient (Wildman–Crippen LogP) is 3.90. The van der Waals surface area contributed by atoms with E-state index < -0.39 is 4.92 Å². The van der Waals surface area contributed by atoms with Gasteiger partial charge in [0, 0.05) is 30.3 Å². The first kappa shape index (κ1) is 17.2. The number of hydrogen-bond acceptors (Lipinski definition) is 7. The van der Waals surface area contributed by atoms with Gasteiger partial charge in [-0.05, 0) is 25.0 Å². The van der Waals surface area contributed by atoms with Crippen molar-refractivity contribution < 1.29 is 14.2 Å². The summed E-state index contributed by atoms with van der Waals surface area (Å²) in [5.74, 6) is 0.677. The highest BCUT2D eigenvalue weighted by molar-refractivity contribution is 5.70. The summed E-state index contributed by atoms with van der Waals surface area (Å²) in [7, 11) is 0. The molecule has 0 saturated carbocycles. The van der Waals surface area contributed by atoms with E-state index in [9.17, 15) is 10.1 Å². The van der Waals surface area contributed by atoms with Crippen LogP contribution in [-0.4, -0.2) is 34.3 Å². The maximum Gasteiger partial charge on any atom is 0.293 e. The maximum atomic E-state index is 11.5. The Balaban J connectivity index is 1.57. The summed E-state index contributed by atoms with van der Waals surface area (Å²) in [5, 5.41) is 18.6. The third kappa shape index (κ3) is 3.80. The van der Waals surface area contributed by atoms with Crippen molar-refractivity contribution in [1.29, 1.82) is 0 Å². The molecule has 1 saturated heterocycles. The molecule has 1 aromatic heterocycles. The third-order valence-corrected chi connectivity index (χ3v) is 4.44. The summed E-state index contributed by atoms with van der Waals surface area (Å²) in [6.07, 6.45) is 2.07. The molecule has 0 aliphatic carbocycles. The molecule has 1 N–H and O–H groups in total. The third-order valence-electron chi connectivity index (χ3n) is 4.44. The Morgan fingerprint density at radius 3 is 2.78 bits per heavy atom. The van der Waals surface area contributed by atoms with E-state index in [4.69, 9.17) is 9.26 Å². The first-order valence-electron chi connectivity index (χ1n) is 8.74. The van der Waals surface area contributed by atoms with Crippen LogP contribution in [0, 0.1) is 10.1 Å². The van der Waals surface area contributed by atoms with Gasteiger partial charge in [0.25, 0.3) is 11.6 Å². The first-order chi connectivity index (χ1) is 13.2. The van der Waals surface area contributed by atoms with E-state index in [0.717, 1.165) is 25.0 Å². The minimum absolute atomic E-state index is 0.0371. The number of ether oxygens (including phenoxy) is 1. The number of hydrogen-bond donors (Lipinski definition) is 1. The molecule has 2 aromatic carbocycles. The van der Waals surface area contributed by atoms with E-state index in [1.54, 1.807) is 12.1 Å². The number of nitrogens with zero attached hydrogens (tertiary/aromatic N) is 3.